The van der Waals surface area contributed by atoms with E-state index in [1.807, 2.05) is 0 Å². The Morgan fingerprint density at radius 2 is 1.65 bits per heavy atom. The Kier molecular flexibility index (Phi) is 3.66. The minimum absolute atomic E-state index is 0.0764. The average molecular weight is 277 g/mol. The molecule has 0 aliphatic heterocycles. The van der Waals surface area contributed by atoms with E-state index in [4.69, 9.17) is 11.6 Å². The van der Waals surface area contributed by atoms with Gasteiger partial charge in [-0.25, -0.2) is 13.2 Å². The van der Waals surface area contributed by atoms with Crippen molar-refractivity contribution < 1.29 is 26.3 Å². The number of halogens is 7. The Bertz CT molecular complexity index is 414. The molecule has 17 heavy (non-hydrogen) atoms. The minimum atomic E-state index is -5.69. The van der Waals surface area contributed by atoms with Gasteiger partial charge >= 0.3 is 6.18 Å². The van der Waals surface area contributed by atoms with E-state index in [0.717, 1.165) is 6.07 Å². The molecule has 0 bridgehead atoms. The lowest BCUT2D eigenvalue weighted by molar-refractivity contribution is -0.274. The van der Waals surface area contributed by atoms with Crippen LogP contribution < -0.4 is 0 Å². The zero-order valence-electron chi connectivity index (χ0n) is 8.46. The van der Waals surface area contributed by atoms with Crippen molar-refractivity contribution in [3.8, 4) is 0 Å². The molecule has 1 unspecified atom stereocenters. The monoisotopic (exact) mass is 276 g/mol. The molecule has 0 aliphatic rings. The van der Waals surface area contributed by atoms with Gasteiger partial charge in [-0.05, 0) is 18.6 Å². The van der Waals surface area contributed by atoms with Crippen molar-refractivity contribution in [1.82, 2.24) is 0 Å². The summed E-state index contributed by atoms with van der Waals surface area (Å²) in [6.07, 6.45) is -9.90. The third-order valence-electron chi connectivity index (χ3n) is 2.29. The van der Waals surface area contributed by atoms with Crippen molar-refractivity contribution in [2.75, 3.05) is 0 Å². The van der Waals surface area contributed by atoms with E-state index in [9.17, 15) is 26.3 Å². The smallest absolute Gasteiger partial charge is 0.222 e. The molecule has 0 N–H and O–H groups in total. The lowest BCUT2D eigenvalue weighted by Gasteiger charge is -2.27. The summed E-state index contributed by atoms with van der Waals surface area (Å²) in [5, 5.41) is 0.0764. The zero-order valence-corrected chi connectivity index (χ0v) is 9.21. The number of aryl methyl sites for hydroxylation is 1. The maximum Gasteiger partial charge on any atom is 0.432 e. The summed E-state index contributed by atoms with van der Waals surface area (Å²) < 4.78 is 75.4. The molecule has 1 aromatic carbocycles. The molecule has 1 aromatic rings. The fourth-order valence-corrected chi connectivity index (χ4v) is 1.40. The van der Waals surface area contributed by atoms with Crippen LogP contribution in [0.3, 0.4) is 0 Å². The Morgan fingerprint density at radius 3 is 2.00 bits per heavy atom. The molecule has 96 valence electrons. The summed E-state index contributed by atoms with van der Waals surface area (Å²) in [6, 6.07) is 2.23. The van der Waals surface area contributed by atoms with E-state index in [0.29, 0.717) is 12.1 Å². The van der Waals surface area contributed by atoms with Gasteiger partial charge in [0.1, 0.15) is 0 Å². The van der Waals surface area contributed by atoms with Crippen LogP contribution in [0.15, 0.2) is 18.2 Å². The minimum Gasteiger partial charge on any atom is -0.222 e. The van der Waals surface area contributed by atoms with Crippen LogP contribution in [0.5, 0.6) is 0 Å². The first-order valence-corrected chi connectivity index (χ1v) is 4.79. The highest BCUT2D eigenvalue weighted by Crippen LogP contribution is 2.47. The molecule has 0 radical (unpaired) electrons. The molecule has 0 nitrogen and oxygen atoms in total. The molecular weight excluding hydrogens is 270 g/mol. The van der Waals surface area contributed by atoms with Gasteiger partial charge in [0, 0.05) is 10.6 Å². The molecular formula is C10H7ClF6. The van der Waals surface area contributed by atoms with Crippen LogP contribution in [-0.2, 0) is 5.67 Å². The van der Waals surface area contributed by atoms with Gasteiger partial charge in [-0.1, -0.05) is 23.7 Å². The maximum atomic E-state index is 13.5. The van der Waals surface area contributed by atoms with Gasteiger partial charge in [0.15, 0.2) is 0 Å². The average Bonchev–Trinajstić information content (AvgIpc) is 2.19. The zero-order chi connectivity index (χ0) is 13.4. The van der Waals surface area contributed by atoms with E-state index in [2.05, 4.69) is 0 Å². The van der Waals surface area contributed by atoms with Gasteiger partial charge in [-0.3, -0.25) is 0 Å². The van der Waals surface area contributed by atoms with Gasteiger partial charge in [0.2, 0.25) is 0 Å². The summed E-state index contributed by atoms with van der Waals surface area (Å²) in [5.74, 6) is 0. The lowest BCUT2D eigenvalue weighted by atomic mass is 9.94. The molecule has 0 aromatic heterocycles. The Morgan fingerprint density at radius 1 is 1.12 bits per heavy atom. The van der Waals surface area contributed by atoms with Gasteiger partial charge in [-0.2, -0.15) is 13.2 Å². The van der Waals surface area contributed by atoms with E-state index in [-0.39, 0.29) is 10.6 Å². The van der Waals surface area contributed by atoms with Crippen molar-refractivity contribution in [2.24, 2.45) is 0 Å². The van der Waals surface area contributed by atoms with Gasteiger partial charge in [-0.15, -0.1) is 0 Å². The Balaban J connectivity index is 3.39. The fraction of sp³-hybridized carbons (Fsp3) is 0.400. The number of alkyl halides is 6. The molecule has 0 heterocycles. The largest absolute Gasteiger partial charge is 0.432 e. The highest BCUT2D eigenvalue weighted by molar-refractivity contribution is 6.31. The van der Waals surface area contributed by atoms with Crippen molar-refractivity contribution in [1.29, 1.82) is 0 Å². The summed E-state index contributed by atoms with van der Waals surface area (Å²) in [6.45, 7) is 1.30. The molecule has 1 atom stereocenters. The normalized spacial score (nSPS) is 16.1. The van der Waals surface area contributed by atoms with Crippen molar-refractivity contribution in [3.05, 3.63) is 34.3 Å². The summed E-state index contributed by atoms with van der Waals surface area (Å²) >= 11 is 5.53. The van der Waals surface area contributed by atoms with Crippen LogP contribution >= 0.6 is 11.6 Å². The number of hydrogen-bond donors (Lipinski definition) is 0. The molecule has 7 heteroatoms. The first kappa shape index (κ1) is 14.2. The second kappa shape index (κ2) is 4.40. The second-order valence-electron chi connectivity index (χ2n) is 3.47. The third-order valence-corrected chi connectivity index (χ3v) is 2.72. The van der Waals surface area contributed by atoms with Crippen LogP contribution in [0.25, 0.3) is 0 Å². The third kappa shape index (κ3) is 2.36. The van der Waals surface area contributed by atoms with Gasteiger partial charge in [0.05, 0.1) is 0 Å². The predicted octanol–water partition coefficient (Wildman–Crippen LogP) is 4.64. The van der Waals surface area contributed by atoms with E-state index in [1.165, 1.54) is 6.92 Å². The fourth-order valence-electron chi connectivity index (χ4n) is 1.28. The molecule has 0 aliphatic carbocycles. The van der Waals surface area contributed by atoms with Gasteiger partial charge in [0.25, 0.3) is 12.1 Å². The summed E-state index contributed by atoms with van der Waals surface area (Å²) in [5.41, 5.74) is -5.74. The SMILES string of the molecule is Cc1cc(C(F)(C(F)F)C(F)(F)F)ccc1Cl. The molecule has 1 rings (SSSR count). The highest BCUT2D eigenvalue weighted by atomic mass is 35.5. The molecule has 0 saturated carbocycles. The number of benzene rings is 1. The van der Waals surface area contributed by atoms with E-state index < -0.39 is 23.8 Å². The first-order chi connectivity index (χ1) is 7.60. The molecule has 0 spiro atoms. The number of rotatable bonds is 2. The lowest BCUT2D eigenvalue weighted by Crippen LogP contribution is -2.44. The summed E-state index contributed by atoms with van der Waals surface area (Å²) in [7, 11) is 0. The van der Waals surface area contributed by atoms with Crippen LogP contribution in [-0.4, -0.2) is 12.6 Å². The van der Waals surface area contributed by atoms with E-state index in [1.54, 1.807) is 0 Å². The maximum absolute atomic E-state index is 13.5. The number of hydrogen-bond acceptors (Lipinski definition) is 0. The van der Waals surface area contributed by atoms with Crippen LogP contribution in [0.1, 0.15) is 11.1 Å². The van der Waals surface area contributed by atoms with Crippen LogP contribution in [0, 0.1) is 6.92 Å². The molecule has 0 saturated heterocycles. The molecule has 0 amide bonds. The summed E-state index contributed by atoms with van der Waals surface area (Å²) in [4.78, 5) is 0. The second-order valence-corrected chi connectivity index (χ2v) is 3.88. The highest BCUT2D eigenvalue weighted by Gasteiger charge is 2.63. The van der Waals surface area contributed by atoms with Crippen molar-refractivity contribution in [3.63, 3.8) is 0 Å². The standard InChI is InChI=1S/C10H7ClF6/c1-5-4-6(2-3-7(5)11)9(14,8(12)13)10(15,16)17/h2-4,8H,1H3. The quantitative estimate of drug-likeness (QED) is 0.690. The van der Waals surface area contributed by atoms with Crippen LogP contribution in [0.4, 0.5) is 26.3 Å². The van der Waals surface area contributed by atoms with E-state index >= 15 is 0 Å². The first-order valence-electron chi connectivity index (χ1n) is 4.41. The van der Waals surface area contributed by atoms with Crippen molar-refractivity contribution >= 4 is 11.6 Å². The molecule has 0 fully saturated rings. The Labute approximate surface area is 98.2 Å². The predicted molar refractivity (Wildman–Crippen MR) is 51.0 cm³/mol. The van der Waals surface area contributed by atoms with Crippen molar-refractivity contribution in [2.45, 2.75) is 25.2 Å². The Hall–Kier alpha value is -0.910. The van der Waals surface area contributed by atoms with Gasteiger partial charge < -0.3 is 0 Å². The van der Waals surface area contributed by atoms with Crippen LogP contribution in [0.2, 0.25) is 5.02 Å². The topological polar surface area (TPSA) is 0 Å².